The van der Waals surface area contributed by atoms with Crippen molar-refractivity contribution in [2.45, 2.75) is 6.10 Å². The number of aliphatic hydroxyl groups excluding tert-OH is 1. The molecule has 0 spiro atoms. The summed E-state index contributed by atoms with van der Waals surface area (Å²) in [4.78, 5) is 0. The van der Waals surface area contributed by atoms with Crippen molar-refractivity contribution in [1.29, 1.82) is 0 Å². The van der Waals surface area contributed by atoms with Gasteiger partial charge in [-0.3, -0.25) is 0 Å². The first-order valence-electron chi connectivity index (χ1n) is 4.68. The third-order valence-electron chi connectivity index (χ3n) is 2.29. The number of aryl methyl sites for hydroxylation is 1. The summed E-state index contributed by atoms with van der Waals surface area (Å²) in [5, 5.41) is 18.8. The third-order valence-corrected chi connectivity index (χ3v) is 3.29. The van der Waals surface area contributed by atoms with Gasteiger partial charge in [-0.1, -0.05) is 28.4 Å². The molecule has 2 aromatic rings. The Labute approximate surface area is 116 Å². The molecule has 1 atom stereocenters. The van der Waals surface area contributed by atoms with Gasteiger partial charge in [-0.25, -0.2) is 4.68 Å². The minimum Gasteiger partial charge on any atom is -0.382 e. The molecule has 0 saturated heterocycles. The largest absolute Gasteiger partial charge is 0.382 e. The fourth-order valence-corrected chi connectivity index (χ4v) is 2.61. The van der Waals surface area contributed by atoms with Crippen LogP contribution in [0.3, 0.4) is 0 Å². The second-order valence-corrected chi connectivity index (χ2v) is 5.12. The highest BCUT2D eigenvalue weighted by atomic mass is 79.9. The summed E-state index contributed by atoms with van der Waals surface area (Å²) in [6.45, 7) is 0. The molecule has 0 bridgehead atoms. The van der Waals surface area contributed by atoms with Crippen molar-refractivity contribution in [3.05, 3.63) is 44.1 Å². The van der Waals surface area contributed by atoms with Gasteiger partial charge in [-0.05, 0) is 39.7 Å². The van der Waals surface area contributed by atoms with Gasteiger partial charge in [0.1, 0.15) is 11.8 Å². The van der Waals surface area contributed by atoms with E-state index in [0.717, 1.165) is 0 Å². The summed E-state index contributed by atoms with van der Waals surface area (Å²) in [5.41, 5.74) is 1.14. The van der Waals surface area contributed by atoms with E-state index in [4.69, 9.17) is 23.2 Å². The molecular weight excluding hydrogens is 329 g/mol. The molecule has 0 saturated carbocycles. The number of rotatable bonds is 2. The van der Waals surface area contributed by atoms with Crippen LogP contribution in [0, 0.1) is 0 Å². The van der Waals surface area contributed by atoms with Crippen molar-refractivity contribution in [3.63, 3.8) is 0 Å². The average molecular weight is 337 g/mol. The summed E-state index contributed by atoms with van der Waals surface area (Å²) in [6, 6.07) is 4.91. The summed E-state index contributed by atoms with van der Waals surface area (Å²) in [7, 11) is 1.70. The molecule has 90 valence electrons. The predicted molar refractivity (Wildman–Crippen MR) is 69.2 cm³/mol. The summed E-state index contributed by atoms with van der Waals surface area (Å²) in [5.74, 6) is 0. The lowest BCUT2D eigenvalue weighted by Gasteiger charge is -2.12. The van der Waals surface area contributed by atoms with E-state index < -0.39 is 6.10 Å². The third kappa shape index (κ3) is 2.63. The molecule has 2 rings (SSSR count). The van der Waals surface area contributed by atoms with Crippen LogP contribution in [-0.4, -0.2) is 20.1 Å². The van der Waals surface area contributed by atoms with Crippen molar-refractivity contribution < 1.29 is 5.11 Å². The molecule has 0 amide bonds. The second kappa shape index (κ2) is 4.94. The van der Waals surface area contributed by atoms with E-state index in [1.165, 1.54) is 4.68 Å². The highest BCUT2D eigenvalue weighted by Crippen LogP contribution is 2.30. The van der Waals surface area contributed by atoms with Crippen LogP contribution in [0.2, 0.25) is 10.0 Å². The van der Waals surface area contributed by atoms with Crippen LogP contribution >= 0.6 is 39.1 Å². The Morgan fingerprint density at radius 3 is 2.35 bits per heavy atom. The first-order chi connectivity index (χ1) is 7.99. The molecule has 17 heavy (non-hydrogen) atoms. The van der Waals surface area contributed by atoms with E-state index in [9.17, 15) is 5.11 Å². The number of nitrogens with zero attached hydrogens (tertiary/aromatic N) is 3. The topological polar surface area (TPSA) is 50.9 Å². The lowest BCUT2D eigenvalue weighted by Crippen LogP contribution is -2.07. The van der Waals surface area contributed by atoms with Gasteiger partial charge < -0.3 is 5.11 Å². The highest BCUT2D eigenvalue weighted by molar-refractivity contribution is 9.10. The van der Waals surface area contributed by atoms with Crippen molar-refractivity contribution in [1.82, 2.24) is 15.0 Å². The Kier molecular flexibility index (Phi) is 3.73. The molecule has 0 aliphatic rings. The second-order valence-electron chi connectivity index (χ2n) is 3.49. The van der Waals surface area contributed by atoms with E-state index in [1.54, 1.807) is 25.2 Å². The molecule has 1 unspecified atom stereocenters. The monoisotopic (exact) mass is 335 g/mol. The molecule has 4 nitrogen and oxygen atoms in total. The molecule has 1 aromatic carbocycles. The Balaban J connectivity index is 2.47. The summed E-state index contributed by atoms with van der Waals surface area (Å²) in [6.07, 6.45) is -0.888. The Morgan fingerprint density at radius 2 is 1.88 bits per heavy atom. The van der Waals surface area contributed by atoms with Gasteiger partial charge in [0, 0.05) is 17.1 Å². The maximum absolute atomic E-state index is 10.2. The zero-order valence-corrected chi connectivity index (χ0v) is 11.8. The summed E-state index contributed by atoms with van der Waals surface area (Å²) < 4.78 is 1.98. The maximum atomic E-state index is 10.2. The van der Waals surface area contributed by atoms with Crippen LogP contribution in [0.25, 0.3) is 0 Å². The lowest BCUT2D eigenvalue weighted by atomic mass is 10.1. The number of hydrogen-bond donors (Lipinski definition) is 1. The number of benzene rings is 1. The Morgan fingerprint density at radius 1 is 1.29 bits per heavy atom. The average Bonchev–Trinajstić information content (AvgIpc) is 2.56. The van der Waals surface area contributed by atoms with Gasteiger partial charge in [-0.2, -0.15) is 0 Å². The Hall–Kier alpha value is -0.620. The van der Waals surface area contributed by atoms with Gasteiger partial charge in [0.05, 0.1) is 0 Å². The quantitative estimate of drug-likeness (QED) is 0.917. The van der Waals surface area contributed by atoms with Crippen LogP contribution in [0.15, 0.2) is 22.8 Å². The van der Waals surface area contributed by atoms with Crippen LogP contribution in [0.5, 0.6) is 0 Å². The number of hydrogen-bond acceptors (Lipinski definition) is 3. The van der Waals surface area contributed by atoms with Crippen LogP contribution in [-0.2, 0) is 7.05 Å². The van der Waals surface area contributed by atoms with Gasteiger partial charge in [-0.15, -0.1) is 5.10 Å². The maximum Gasteiger partial charge on any atom is 0.154 e. The van der Waals surface area contributed by atoms with E-state index in [2.05, 4.69) is 26.2 Å². The minimum absolute atomic E-state index is 0.470. The van der Waals surface area contributed by atoms with E-state index in [1.807, 2.05) is 0 Å². The van der Waals surface area contributed by atoms with Crippen LogP contribution < -0.4 is 0 Å². The number of aliphatic hydroxyl groups is 1. The molecule has 0 aliphatic carbocycles. The van der Waals surface area contributed by atoms with Crippen molar-refractivity contribution >= 4 is 39.1 Å². The van der Waals surface area contributed by atoms with Crippen LogP contribution in [0.4, 0.5) is 0 Å². The molecule has 0 fully saturated rings. The van der Waals surface area contributed by atoms with Gasteiger partial charge in [0.25, 0.3) is 0 Å². The predicted octanol–water partition coefficient (Wildman–Crippen LogP) is 2.97. The fourth-order valence-electron chi connectivity index (χ4n) is 1.52. The first-order valence-corrected chi connectivity index (χ1v) is 6.23. The fraction of sp³-hybridized carbons (Fsp3) is 0.200. The standard InChI is InChI=1S/C10H8BrCl2N3O/c1-16-8(10(11)14-15-16)9(17)5-2-6(12)4-7(13)3-5/h2-4,9,17H,1H3. The minimum atomic E-state index is -0.888. The Bertz CT molecular complexity index is 519. The van der Waals surface area contributed by atoms with E-state index >= 15 is 0 Å². The van der Waals surface area contributed by atoms with Gasteiger partial charge in [0.2, 0.25) is 0 Å². The first kappa shape index (κ1) is 12.8. The molecule has 7 heteroatoms. The normalized spacial score (nSPS) is 12.8. The molecule has 1 heterocycles. The highest BCUT2D eigenvalue weighted by Gasteiger charge is 2.20. The zero-order valence-electron chi connectivity index (χ0n) is 8.73. The number of halogens is 3. The van der Waals surface area contributed by atoms with Gasteiger partial charge in [0.15, 0.2) is 4.60 Å². The van der Waals surface area contributed by atoms with Crippen LogP contribution in [0.1, 0.15) is 17.4 Å². The van der Waals surface area contributed by atoms with E-state index in [0.29, 0.717) is 25.9 Å². The molecule has 0 radical (unpaired) electrons. The smallest absolute Gasteiger partial charge is 0.154 e. The van der Waals surface area contributed by atoms with Crippen molar-refractivity contribution in [2.24, 2.45) is 7.05 Å². The van der Waals surface area contributed by atoms with Crippen molar-refractivity contribution in [2.75, 3.05) is 0 Å². The molecule has 1 N–H and O–H groups in total. The van der Waals surface area contributed by atoms with Crippen molar-refractivity contribution in [3.8, 4) is 0 Å². The van der Waals surface area contributed by atoms with E-state index in [-0.39, 0.29) is 0 Å². The number of aromatic nitrogens is 3. The van der Waals surface area contributed by atoms with Gasteiger partial charge >= 0.3 is 0 Å². The molecule has 1 aromatic heterocycles. The zero-order chi connectivity index (χ0) is 12.6. The lowest BCUT2D eigenvalue weighted by molar-refractivity contribution is 0.209. The molecular formula is C10H8BrCl2N3O. The summed E-state index contributed by atoms with van der Waals surface area (Å²) >= 11 is 15.0. The SMILES string of the molecule is Cn1nnc(Br)c1C(O)c1cc(Cl)cc(Cl)c1. The molecule has 0 aliphatic heterocycles.